The van der Waals surface area contributed by atoms with Crippen molar-refractivity contribution in [1.82, 2.24) is 19.9 Å². The van der Waals surface area contributed by atoms with E-state index in [9.17, 15) is 9.90 Å². The smallest absolute Gasteiger partial charge is 0.255 e. The number of hydrogen-bond acceptors (Lipinski definition) is 7. The zero-order chi connectivity index (χ0) is 21.3. The van der Waals surface area contributed by atoms with Crippen LogP contribution in [0.2, 0.25) is 0 Å². The van der Waals surface area contributed by atoms with Crippen molar-refractivity contribution in [3.63, 3.8) is 0 Å². The maximum atomic E-state index is 12.5. The summed E-state index contributed by atoms with van der Waals surface area (Å²) in [5.41, 5.74) is 2.70. The summed E-state index contributed by atoms with van der Waals surface area (Å²) in [6.07, 6.45) is 4.08. The zero-order valence-electron chi connectivity index (χ0n) is 16.3. The molecule has 0 aromatic carbocycles. The lowest BCUT2D eigenvalue weighted by atomic mass is 9.77. The van der Waals surface area contributed by atoms with E-state index in [0.717, 1.165) is 5.52 Å². The van der Waals surface area contributed by atoms with E-state index in [1.807, 2.05) is 18.2 Å². The number of carbonyl (C=O) groups excluding carboxylic acids is 1. The minimum atomic E-state index is -0.711. The highest BCUT2D eigenvalue weighted by Gasteiger charge is 2.38. The highest BCUT2D eigenvalue weighted by molar-refractivity contribution is 6.00. The second-order valence-electron chi connectivity index (χ2n) is 7.61. The maximum Gasteiger partial charge on any atom is 0.255 e. The van der Waals surface area contributed by atoms with Crippen LogP contribution in [0.5, 0.6) is 0 Å². The number of nitrogens with zero attached hydrogens (tertiary/aromatic N) is 5. The molecular weight excluding hydrogens is 382 g/mol. The van der Waals surface area contributed by atoms with Crippen molar-refractivity contribution in [2.75, 3.05) is 11.9 Å². The lowest BCUT2D eigenvalue weighted by molar-refractivity contribution is -0.0234. The molecule has 1 saturated carbocycles. The molecule has 3 aromatic heterocycles. The second-order valence-corrected chi connectivity index (χ2v) is 7.61. The Labute approximate surface area is 172 Å². The van der Waals surface area contributed by atoms with Gasteiger partial charge in [0.25, 0.3) is 5.91 Å². The van der Waals surface area contributed by atoms with Crippen LogP contribution in [0.3, 0.4) is 0 Å². The normalized spacial score (nSPS) is 20.1. The van der Waals surface area contributed by atoms with E-state index in [2.05, 4.69) is 26.8 Å². The van der Waals surface area contributed by atoms with Gasteiger partial charge in [-0.25, -0.2) is 4.52 Å². The second kappa shape index (κ2) is 7.47. The first-order valence-electron chi connectivity index (χ1n) is 9.42. The van der Waals surface area contributed by atoms with Gasteiger partial charge in [0.05, 0.1) is 51.6 Å². The fraction of sp³-hybridized carbons (Fsp3) is 0.286. The van der Waals surface area contributed by atoms with E-state index in [-0.39, 0.29) is 12.6 Å². The largest absolute Gasteiger partial charge is 0.390 e. The first-order chi connectivity index (χ1) is 14.4. The molecule has 0 radical (unpaired) electrons. The van der Waals surface area contributed by atoms with Gasteiger partial charge in [0, 0.05) is 12.2 Å². The average Bonchev–Trinajstić information content (AvgIpc) is 3.13. The summed E-state index contributed by atoms with van der Waals surface area (Å²) in [6, 6.07) is 11.2. The van der Waals surface area contributed by atoms with Crippen LogP contribution >= 0.6 is 0 Å². The van der Waals surface area contributed by atoms with E-state index >= 15 is 0 Å². The predicted octanol–water partition coefficient (Wildman–Crippen LogP) is 1.85. The molecule has 0 aliphatic heterocycles. The Balaban J connectivity index is 1.71. The van der Waals surface area contributed by atoms with Gasteiger partial charge in [-0.2, -0.15) is 15.6 Å². The number of aromatic nitrogens is 3. The molecular formula is C21H19N7O2. The van der Waals surface area contributed by atoms with Crippen LogP contribution in [0.25, 0.3) is 16.9 Å². The molecule has 4 rings (SSSR count). The number of fused-ring (bicyclic) bond motifs is 1. The lowest BCUT2D eigenvalue weighted by Gasteiger charge is -2.42. The van der Waals surface area contributed by atoms with Crippen molar-refractivity contribution in [3.05, 3.63) is 47.8 Å². The Kier molecular flexibility index (Phi) is 4.82. The van der Waals surface area contributed by atoms with Gasteiger partial charge in [0.15, 0.2) is 0 Å². The topological polar surface area (TPSA) is 139 Å². The molecule has 0 bridgehead atoms. The Hall–Kier alpha value is -3.95. The summed E-state index contributed by atoms with van der Waals surface area (Å²) in [5.74, 6) is -0.402. The van der Waals surface area contributed by atoms with Crippen LogP contribution in [0, 0.1) is 22.7 Å². The Bertz CT molecular complexity index is 1210. The molecule has 3 N–H and O–H groups in total. The number of anilines is 1. The lowest BCUT2D eigenvalue weighted by Crippen LogP contribution is -2.48. The van der Waals surface area contributed by atoms with Gasteiger partial charge in [-0.05, 0) is 44.0 Å². The fourth-order valence-corrected chi connectivity index (χ4v) is 3.69. The number of nitriles is 2. The summed E-state index contributed by atoms with van der Waals surface area (Å²) in [4.78, 5) is 16.9. The number of carbonyl (C=O) groups is 1. The molecule has 1 aliphatic carbocycles. The third-order valence-electron chi connectivity index (χ3n) is 5.10. The first-order valence-corrected chi connectivity index (χ1v) is 9.42. The van der Waals surface area contributed by atoms with Crippen molar-refractivity contribution in [2.24, 2.45) is 0 Å². The van der Waals surface area contributed by atoms with Crippen LogP contribution in [0.15, 0.2) is 36.7 Å². The predicted molar refractivity (Wildman–Crippen MR) is 108 cm³/mol. The van der Waals surface area contributed by atoms with Crippen molar-refractivity contribution < 1.29 is 9.90 Å². The highest BCUT2D eigenvalue weighted by Crippen LogP contribution is 2.35. The maximum absolute atomic E-state index is 12.5. The van der Waals surface area contributed by atoms with Crippen molar-refractivity contribution in [1.29, 1.82) is 10.5 Å². The molecule has 1 amide bonds. The van der Waals surface area contributed by atoms with Crippen molar-refractivity contribution in [2.45, 2.75) is 31.4 Å². The van der Waals surface area contributed by atoms with Crippen LogP contribution < -0.4 is 10.6 Å². The molecule has 1 fully saturated rings. The Morgan fingerprint density at radius 2 is 2.13 bits per heavy atom. The van der Waals surface area contributed by atoms with Crippen molar-refractivity contribution >= 4 is 17.1 Å². The Morgan fingerprint density at radius 1 is 1.33 bits per heavy atom. The van der Waals surface area contributed by atoms with Gasteiger partial charge in [-0.3, -0.25) is 9.78 Å². The fourth-order valence-electron chi connectivity index (χ4n) is 3.69. The molecule has 1 aliphatic rings. The number of rotatable bonds is 5. The van der Waals surface area contributed by atoms with E-state index < -0.39 is 11.5 Å². The molecule has 30 heavy (non-hydrogen) atoms. The molecule has 9 nitrogen and oxygen atoms in total. The van der Waals surface area contributed by atoms with Gasteiger partial charge >= 0.3 is 0 Å². The first kappa shape index (κ1) is 19.4. The van der Waals surface area contributed by atoms with Crippen LogP contribution in [0.1, 0.15) is 35.7 Å². The quantitative estimate of drug-likeness (QED) is 0.554. The molecule has 0 saturated heterocycles. The van der Waals surface area contributed by atoms with Gasteiger partial charge in [-0.1, -0.05) is 0 Å². The number of hydrogen-bond donors (Lipinski definition) is 3. The SMILES string of the molecule is CC1(O)CC(Nc2cc(-c3ccc4cc(C#N)cnn34)ncc2C(=O)NCC#N)C1. The molecule has 0 spiro atoms. The molecule has 9 heteroatoms. The summed E-state index contributed by atoms with van der Waals surface area (Å²) in [7, 11) is 0. The number of amides is 1. The molecule has 0 atom stereocenters. The van der Waals surface area contributed by atoms with E-state index in [0.29, 0.717) is 41.0 Å². The zero-order valence-corrected chi connectivity index (χ0v) is 16.3. The monoisotopic (exact) mass is 401 g/mol. The van der Waals surface area contributed by atoms with Gasteiger partial charge < -0.3 is 15.7 Å². The van der Waals surface area contributed by atoms with E-state index in [1.165, 1.54) is 12.4 Å². The number of pyridine rings is 1. The summed E-state index contributed by atoms with van der Waals surface area (Å²) in [5, 5.41) is 38.0. The molecule has 3 aromatic rings. The standard InChI is InChI=1S/C21H19N7O2/c1-21(30)8-14(9-21)27-17-7-18(25-12-16(17)20(29)24-5-4-22)19-3-2-15-6-13(10-23)11-26-28(15)19/h2-3,6-7,11-12,14,30H,5,8-9H2,1H3,(H,24,29)(H,25,27). The van der Waals surface area contributed by atoms with Crippen molar-refractivity contribution in [3.8, 4) is 23.5 Å². The number of aliphatic hydroxyl groups is 1. The van der Waals surface area contributed by atoms with Gasteiger partial charge in [-0.15, -0.1) is 0 Å². The summed E-state index contributed by atoms with van der Waals surface area (Å²) in [6.45, 7) is 1.67. The molecule has 150 valence electrons. The molecule has 0 unspecified atom stereocenters. The summed E-state index contributed by atoms with van der Waals surface area (Å²) >= 11 is 0. The summed E-state index contributed by atoms with van der Waals surface area (Å²) < 4.78 is 1.68. The highest BCUT2D eigenvalue weighted by atomic mass is 16.3. The average molecular weight is 401 g/mol. The van der Waals surface area contributed by atoms with Crippen LogP contribution in [-0.4, -0.2) is 43.8 Å². The van der Waals surface area contributed by atoms with Gasteiger partial charge in [0.2, 0.25) is 0 Å². The van der Waals surface area contributed by atoms with Crippen LogP contribution in [-0.2, 0) is 0 Å². The van der Waals surface area contributed by atoms with E-state index in [1.54, 1.807) is 23.6 Å². The minimum absolute atomic E-state index is 0.0261. The molecule has 3 heterocycles. The third kappa shape index (κ3) is 3.66. The third-order valence-corrected chi connectivity index (χ3v) is 5.10. The minimum Gasteiger partial charge on any atom is -0.390 e. The number of nitrogens with one attached hydrogen (secondary N) is 2. The van der Waals surface area contributed by atoms with Gasteiger partial charge in [0.1, 0.15) is 12.6 Å². The Morgan fingerprint density at radius 3 is 2.83 bits per heavy atom. The van der Waals surface area contributed by atoms with Crippen LogP contribution in [0.4, 0.5) is 5.69 Å². The van der Waals surface area contributed by atoms with E-state index in [4.69, 9.17) is 10.5 Å².